The Morgan fingerprint density at radius 2 is 1.86 bits per heavy atom. The number of non-ortho nitro benzene ring substituents is 1. The lowest BCUT2D eigenvalue weighted by Gasteiger charge is -2.14. The van der Waals surface area contributed by atoms with Gasteiger partial charge in [-0.15, -0.1) is 0 Å². The van der Waals surface area contributed by atoms with Crippen LogP contribution >= 0.6 is 31.9 Å². The summed E-state index contributed by atoms with van der Waals surface area (Å²) in [6.07, 6.45) is 1.47. The van der Waals surface area contributed by atoms with Gasteiger partial charge < -0.3 is 13.9 Å². The van der Waals surface area contributed by atoms with Crippen LogP contribution in [0.15, 0.2) is 108 Å². The number of aromatic nitrogens is 2. The topological polar surface area (TPSA) is 122 Å². The van der Waals surface area contributed by atoms with Gasteiger partial charge in [-0.2, -0.15) is 9.78 Å². The smallest absolute Gasteiger partial charge is 0.282 e. The summed E-state index contributed by atoms with van der Waals surface area (Å²) >= 11 is 6.96. The molecule has 0 aliphatic heterocycles. The van der Waals surface area contributed by atoms with Crippen molar-refractivity contribution in [1.82, 2.24) is 9.66 Å². The summed E-state index contributed by atoms with van der Waals surface area (Å²) < 4.78 is 20.5. The third-order valence-corrected chi connectivity index (χ3v) is 7.49. The van der Waals surface area contributed by atoms with Gasteiger partial charge in [0, 0.05) is 32.0 Å². The second-order valence-corrected chi connectivity index (χ2v) is 11.2. The van der Waals surface area contributed by atoms with Gasteiger partial charge in [0.2, 0.25) is 5.82 Å². The molecule has 10 nitrogen and oxygen atoms in total. The molecule has 12 heteroatoms. The van der Waals surface area contributed by atoms with Gasteiger partial charge in [0.1, 0.15) is 12.2 Å². The molecular weight excluding hydrogens is 684 g/mol. The molecule has 0 atom stereocenters. The Hall–Kier alpha value is -4.81. The van der Waals surface area contributed by atoms with Crippen LogP contribution in [0.4, 0.5) is 5.69 Å². The van der Waals surface area contributed by atoms with E-state index in [9.17, 15) is 14.9 Å². The van der Waals surface area contributed by atoms with Crippen LogP contribution in [0.25, 0.3) is 33.5 Å². The summed E-state index contributed by atoms with van der Waals surface area (Å²) in [5, 5.41) is 17.0. The van der Waals surface area contributed by atoms with Crippen LogP contribution in [0, 0.1) is 10.1 Å². The van der Waals surface area contributed by atoms with Crippen molar-refractivity contribution >= 4 is 65.6 Å². The van der Waals surface area contributed by atoms with Gasteiger partial charge in [0.25, 0.3) is 11.2 Å². The average molecular weight is 704 g/mol. The predicted molar refractivity (Wildman–Crippen MR) is 170 cm³/mol. The Balaban J connectivity index is 1.46. The average Bonchev–Trinajstić information content (AvgIpc) is 3.43. The Morgan fingerprint density at radius 1 is 1.02 bits per heavy atom. The SMILES string of the molecule is COc1cc(Br)cc(C=Nn2c(-c3cc4cc(Br)ccc4o3)nc3ccccc3c2=O)c1OCc1cccc([N+](=O)[O-])c1. The van der Waals surface area contributed by atoms with E-state index in [1.165, 1.54) is 30.1 Å². The highest BCUT2D eigenvalue weighted by Gasteiger charge is 2.18. The van der Waals surface area contributed by atoms with E-state index >= 15 is 0 Å². The number of nitro benzene ring substituents is 1. The monoisotopic (exact) mass is 702 g/mol. The zero-order valence-electron chi connectivity index (χ0n) is 22.4. The molecular formula is C31H20Br2N4O6. The van der Waals surface area contributed by atoms with E-state index in [0.29, 0.717) is 49.3 Å². The minimum atomic E-state index is -0.463. The molecule has 0 bridgehead atoms. The van der Waals surface area contributed by atoms with Crippen LogP contribution in [-0.2, 0) is 6.61 Å². The molecule has 0 fully saturated rings. The lowest BCUT2D eigenvalue weighted by molar-refractivity contribution is -0.384. The molecule has 0 radical (unpaired) electrons. The number of hydrogen-bond acceptors (Lipinski definition) is 8. The fourth-order valence-electron chi connectivity index (χ4n) is 4.54. The molecule has 2 aromatic heterocycles. The normalized spacial score (nSPS) is 11.4. The fraction of sp³-hybridized carbons (Fsp3) is 0.0645. The second-order valence-electron chi connectivity index (χ2n) is 9.35. The summed E-state index contributed by atoms with van der Waals surface area (Å²) in [6.45, 7) is 0.0256. The van der Waals surface area contributed by atoms with Crippen LogP contribution in [-0.4, -0.2) is 27.9 Å². The van der Waals surface area contributed by atoms with E-state index in [2.05, 4.69) is 37.0 Å². The Bertz CT molecular complexity index is 2120. The van der Waals surface area contributed by atoms with Crippen LogP contribution in [0.2, 0.25) is 0 Å². The summed E-state index contributed by atoms with van der Waals surface area (Å²) in [5.41, 5.74) is 1.77. The third kappa shape index (κ3) is 5.79. The number of fused-ring (bicyclic) bond motifs is 2. The summed E-state index contributed by atoms with van der Waals surface area (Å²) in [4.78, 5) is 29.2. The molecule has 0 aliphatic rings. The summed E-state index contributed by atoms with van der Waals surface area (Å²) in [5.74, 6) is 1.31. The Labute approximate surface area is 260 Å². The van der Waals surface area contributed by atoms with E-state index < -0.39 is 4.92 Å². The highest BCUT2D eigenvalue weighted by Crippen LogP contribution is 2.35. The molecule has 0 unspecified atom stereocenters. The van der Waals surface area contributed by atoms with Crippen molar-refractivity contribution in [1.29, 1.82) is 0 Å². The molecule has 0 saturated heterocycles. The quantitative estimate of drug-likeness (QED) is 0.0904. The van der Waals surface area contributed by atoms with Crippen LogP contribution in [0.1, 0.15) is 11.1 Å². The minimum absolute atomic E-state index is 0.0256. The number of nitro groups is 1. The molecule has 4 aromatic carbocycles. The summed E-state index contributed by atoms with van der Waals surface area (Å²) in [6, 6.07) is 24.1. The number of rotatable bonds is 8. The molecule has 2 heterocycles. The lowest BCUT2D eigenvalue weighted by atomic mass is 10.2. The van der Waals surface area contributed by atoms with Crippen molar-refractivity contribution in [3.63, 3.8) is 0 Å². The van der Waals surface area contributed by atoms with Gasteiger partial charge >= 0.3 is 0 Å². The fourth-order valence-corrected chi connectivity index (χ4v) is 5.37. The number of hydrogen-bond donors (Lipinski definition) is 0. The lowest BCUT2D eigenvalue weighted by Crippen LogP contribution is -2.20. The zero-order chi connectivity index (χ0) is 30.1. The van der Waals surface area contributed by atoms with Crippen molar-refractivity contribution in [3.05, 3.63) is 125 Å². The van der Waals surface area contributed by atoms with E-state index in [-0.39, 0.29) is 23.7 Å². The Morgan fingerprint density at radius 3 is 2.67 bits per heavy atom. The van der Waals surface area contributed by atoms with Gasteiger partial charge in [-0.3, -0.25) is 14.9 Å². The minimum Gasteiger partial charge on any atom is -0.493 e. The number of methoxy groups -OCH3 is 1. The number of nitrogens with zero attached hydrogens (tertiary/aromatic N) is 4. The van der Waals surface area contributed by atoms with Gasteiger partial charge in [-0.1, -0.05) is 56.1 Å². The van der Waals surface area contributed by atoms with Crippen LogP contribution < -0.4 is 15.0 Å². The molecule has 214 valence electrons. The maximum absolute atomic E-state index is 13.7. The highest BCUT2D eigenvalue weighted by atomic mass is 79.9. The number of benzene rings is 4. The van der Waals surface area contributed by atoms with Crippen LogP contribution in [0.3, 0.4) is 0 Å². The maximum Gasteiger partial charge on any atom is 0.282 e. The third-order valence-electron chi connectivity index (χ3n) is 6.54. The molecule has 0 N–H and O–H groups in total. The molecule has 6 aromatic rings. The van der Waals surface area contributed by atoms with Gasteiger partial charge in [0.05, 0.1) is 29.2 Å². The van der Waals surface area contributed by atoms with E-state index in [0.717, 1.165) is 9.86 Å². The first kappa shape index (κ1) is 28.3. The number of ether oxygens (including phenoxy) is 2. The first-order valence-corrected chi connectivity index (χ1v) is 14.4. The number of furan rings is 1. The van der Waals surface area contributed by atoms with Crippen molar-refractivity contribution in [2.24, 2.45) is 5.10 Å². The van der Waals surface area contributed by atoms with Crippen molar-refractivity contribution in [2.45, 2.75) is 6.61 Å². The van der Waals surface area contributed by atoms with E-state index in [1.54, 1.807) is 54.6 Å². The predicted octanol–water partition coefficient (Wildman–Crippen LogP) is 7.71. The molecule has 0 aliphatic carbocycles. The van der Waals surface area contributed by atoms with E-state index in [4.69, 9.17) is 18.9 Å². The first-order valence-electron chi connectivity index (χ1n) is 12.8. The molecule has 6 rings (SSSR count). The zero-order valence-corrected chi connectivity index (χ0v) is 25.5. The van der Waals surface area contributed by atoms with Gasteiger partial charge in [0.15, 0.2) is 17.3 Å². The number of para-hydroxylation sites is 1. The first-order chi connectivity index (χ1) is 20.8. The van der Waals surface area contributed by atoms with Crippen molar-refractivity contribution in [2.75, 3.05) is 7.11 Å². The molecule has 0 amide bonds. The molecule has 0 spiro atoms. The maximum atomic E-state index is 13.7. The summed E-state index contributed by atoms with van der Waals surface area (Å²) in [7, 11) is 1.50. The van der Waals surface area contributed by atoms with Crippen molar-refractivity contribution in [3.8, 4) is 23.1 Å². The second kappa shape index (κ2) is 11.8. The largest absolute Gasteiger partial charge is 0.493 e. The van der Waals surface area contributed by atoms with Crippen molar-refractivity contribution < 1.29 is 18.8 Å². The number of halogens is 2. The standard InChI is InChI=1S/C31H20Br2N4O6/c1-41-27-15-22(33)13-20(29(27)42-17-18-5-4-6-23(11-18)37(39)40)16-34-36-30(35-25-8-3-2-7-24(25)31(36)38)28-14-19-12-21(32)9-10-26(19)43-28/h2-16H,17H2,1H3. The van der Waals surface area contributed by atoms with Gasteiger partial charge in [-0.05, 0) is 54.1 Å². The van der Waals surface area contributed by atoms with Crippen LogP contribution in [0.5, 0.6) is 11.5 Å². The Kier molecular flexibility index (Phi) is 7.78. The molecule has 43 heavy (non-hydrogen) atoms. The van der Waals surface area contributed by atoms with Gasteiger partial charge in [-0.25, -0.2) is 4.98 Å². The van der Waals surface area contributed by atoms with E-state index in [1.807, 2.05) is 18.2 Å². The highest BCUT2D eigenvalue weighted by molar-refractivity contribution is 9.10. The molecule has 0 saturated carbocycles.